The first kappa shape index (κ1) is 16.7. The first-order valence-electron chi connectivity index (χ1n) is 7.06. The second-order valence-electron chi connectivity index (χ2n) is 4.96. The van der Waals surface area contributed by atoms with Crippen molar-refractivity contribution in [1.29, 1.82) is 0 Å². The van der Waals surface area contributed by atoms with Crippen molar-refractivity contribution in [3.05, 3.63) is 69.7 Å². The minimum absolute atomic E-state index is 0.0505. The topological polar surface area (TPSA) is 52.1 Å². The molecule has 0 atom stereocenters. The number of pyridine rings is 1. The molecule has 1 aromatic carbocycles. The van der Waals surface area contributed by atoms with Crippen LogP contribution in [0.2, 0.25) is 0 Å². The number of aromatic nitrogens is 2. The highest BCUT2D eigenvalue weighted by Crippen LogP contribution is 2.23. The lowest BCUT2D eigenvalue weighted by molar-refractivity contribution is -0.144. The van der Waals surface area contributed by atoms with Gasteiger partial charge in [-0.2, -0.15) is 0 Å². The van der Waals surface area contributed by atoms with Crippen molar-refractivity contribution in [2.75, 3.05) is 0 Å². The smallest absolute Gasteiger partial charge is 0.312 e. The maximum atomic E-state index is 13.7. The zero-order valence-electron chi connectivity index (χ0n) is 12.4. The molecule has 3 aromatic rings. The second kappa shape index (κ2) is 7.63. The fraction of sp³-hybridized carbons (Fsp3) is 0.118. The lowest BCUT2D eigenvalue weighted by Crippen LogP contribution is -2.09. The van der Waals surface area contributed by atoms with Gasteiger partial charge in [-0.1, -0.05) is 22.0 Å². The van der Waals surface area contributed by atoms with Crippen LogP contribution in [-0.2, 0) is 22.6 Å². The van der Waals surface area contributed by atoms with Crippen LogP contribution in [0, 0.1) is 5.82 Å². The normalized spacial score (nSPS) is 10.6. The molecule has 0 saturated heterocycles. The highest BCUT2D eigenvalue weighted by Gasteiger charge is 2.11. The van der Waals surface area contributed by atoms with E-state index in [1.54, 1.807) is 24.5 Å². The number of ether oxygens (including phenoxy) is 1. The van der Waals surface area contributed by atoms with Gasteiger partial charge in [-0.05, 0) is 24.3 Å². The molecule has 24 heavy (non-hydrogen) atoms. The van der Waals surface area contributed by atoms with Crippen LogP contribution in [0.5, 0.6) is 0 Å². The number of halogens is 2. The molecular weight excluding hydrogens is 395 g/mol. The number of rotatable bonds is 5. The molecule has 0 unspecified atom stereocenters. The Morgan fingerprint density at radius 1 is 1.33 bits per heavy atom. The van der Waals surface area contributed by atoms with E-state index in [9.17, 15) is 9.18 Å². The van der Waals surface area contributed by atoms with Crippen LogP contribution in [0.3, 0.4) is 0 Å². The summed E-state index contributed by atoms with van der Waals surface area (Å²) >= 11 is 4.62. The lowest BCUT2D eigenvalue weighted by Gasteiger charge is -2.05. The van der Waals surface area contributed by atoms with Crippen LogP contribution in [0.15, 0.2) is 52.6 Å². The molecule has 7 heteroatoms. The highest BCUT2D eigenvalue weighted by atomic mass is 79.9. The van der Waals surface area contributed by atoms with Crippen molar-refractivity contribution in [2.45, 2.75) is 13.0 Å². The van der Waals surface area contributed by atoms with Gasteiger partial charge in [0.1, 0.15) is 17.4 Å². The number of nitrogens with zero attached hydrogens (tertiary/aromatic N) is 2. The Bertz CT molecular complexity index is 855. The van der Waals surface area contributed by atoms with Gasteiger partial charge in [0.15, 0.2) is 0 Å². The first-order valence-corrected chi connectivity index (χ1v) is 8.73. The summed E-state index contributed by atoms with van der Waals surface area (Å²) < 4.78 is 19.4. The zero-order chi connectivity index (χ0) is 16.9. The molecule has 2 heterocycles. The Morgan fingerprint density at radius 3 is 2.96 bits per heavy atom. The summed E-state index contributed by atoms with van der Waals surface area (Å²) in [5, 5.41) is 2.61. The number of hydrogen-bond acceptors (Lipinski definition) is 5. The van der Waals surface area contributed by atoms with E-state index in [4.69, 9.17) is 4.74 Å². The number of esters is 1. The van der Waals surface area contributed by atoms with Crippen molar-refractivity contribution in [1.82, 2.24) is 9.97 Å². The molecule has 122 valence electrons. The Labute approximate surface area is 150 Å². The average molecular weight is 407 g/mol. The van der Waals surface area contributed by atoms with E-state index < -0.39 is 11.8 Å². The highest BCUT2D eigenvalue weighted by molar-refractivity contribution is 9.10. The molecule has 0 aliphatic rings. The molecule has 0 fully saturated rings. The minimum atomic E-state index is -0.444. The molecule has 0 N–H and O–H groups in total. The van der Waals surface area contributed by atoms with E-state index in [1.807, 2.05) is 17.5 Å². The van der Waals surface area contributed by atoms with Crippen molar-refractivity contribution >= 4 is 33.2 Å². The van der Waals surface area contributed by atoms with Crippen molar-refractivity contribution in [2.24, 2.45) is 0 Å². The molecule has 0 spiro atoms. The fourth-order valence-corrected chi connectivity index (χ4v) is 3.15. The molecule has 0 radical (unpaired) electrons. The SMILES string of the molecule is O=C(Cc1csc(-c2cccnc2)n1)OCc1ccc(Br)cc1F. The number of benzene rings is 1. The minimum Gasteiger partial charge on any atom is -0.460 e. The van der Waals surface area contributed by atoms with Gasteiger partial charge < -0.3 is 4.74 Å². The Morgan fingerprint density at radius 2 is 2.21 bits per heavy atom. The van der Waals surface area contributed by atoms with Gasteiger partial charge in [0, 0.05) is 33.4 Å². The summed E-state index contributed by atoms with van der Waals surface area (Å²) in [5.41, 5.74) is 1.86. The van der Waals surface area contributed by atoms with Gasteiger partial charge in [0.25, 0.3) is 0 Å². The van der Waals surface area contributed by atoms with Gasteiger partial charge in [-0.3, -0.25) is 9.78 Å². The summed E-state index contributed by atoms with van der Waals surface area (Å²) in [6.45, 7) is -0.0997. The monoisotopic (exact) mass is 406 g/mol. The summed E-state index contributed by atoms with van der Waals surface area (Å²) in [7, 11) is 0. The molecular formula is C17H12BrFN2O2S. The molecule has 2 aromatic heterocycles. The number of thiazole rings is 1. The Kier molecular flexibility index (Phi) is 5.32. The van der Waals surface area contributed by atoms with Crippen molar-refractivity contribution < 1.29 is 13.9 Å². The molecule has 0 saturated carbocycles. The molecule has 0 bridgehead atoms. The van der Waals surface area contributed by atoms with E-state index in [0.717, 1.165) is 10.6 Å². The maximum Gasteiger partial charge on any atom is 0.312 e. The van der Waals surface area contributed by atoms with Crippen LogP contribution < -0.4 is 0 Å². The molecule has 4 nitrogen and oxygen atoms in total. The van der Waals surface area contributed by atoms with Crippen LogP contribution in [-0.4, -0.2) is 15.9 Å². The third-order valence-electron chi connectivity index (χ3n) is 3.19. The molecule has 0 amide bonds. The van der Waals surface area contributed by atoms with E-state index in [1.165, 1.54) is 17.4 Å². The van der Waals surface area contributed by atoms with Crippen molar-refractivity contribution in [3.63, 3.8) is 0 Å². The molecule has 0 aliphatic carbocycles. The summed E-state index contributed by atoms with van der Waals surface area (Å²) in [6.07, 6.45) is 3.46. The standard InChI is InChI=1S/C17H12BrFN2O2S/c18-13-4-3-12(15(19)6-13)9-23-16(22)7-14-10-24-17(21-14)11-2-1-5-20-8-11/h1-6,8,10H,7,9H2. The van der Waals surface area contributed by atoms with Crippen LogP contribution in [0.4, 0.5) is 4.39 Å². The maximum absolute atomic E-state index is 13.7. The van der Waals surface area contributed by atoms with Gasteiger partial charge in [-0.15, -0.1) is 11.3 Å². The largest absolute Gasteiger partial charge is 0.460 e. The summed E-state index contributed by atoms with van der Waals surface area (Å²) in [6, 6.07) is 8.36. The molecule has 3 rings (SSSR count). The number of hydrogen-bond donors (Lipinski definition) is 0. The van der Waals surface area contributed by atoms with Crippen LogP contribution >= 0.6 is 27.3 Å². The van der Waals surface area contributed by atoms with E-state index >= 15 is 0 Å². The predicted molar refractivity (Wildman–Crippen MR) is 92.9 cm³/mol. The number of carbonyl (C=O) groups is 1. The van der Waals surface area contributed by atoms with E-state index in [-0.39, 0.29) is 13.0 Å². The second-order valence-corrected chi connectivity index (χ2v) is 6.73. The van der Waals surface area contributed by atoms with Crippen LogP contribution in [0.1, 0.15) is 11.3 Å². The predicted octanol–water partition coefficient (Wildman–Crippen LogP) is 4.39. The van der Waals surface area contributed by atoms with E-state index in [2.05, 4.69) is 25.9 Å². The molecule has 0 aliphatic heterocycles. The fourth-order valence-electron chi connectivity index (χ4n) is 2.01. The van der Waals surface area contributed by atoms with Crippen LogP contribution in [0.25, 0.3) is 10.6 Å². The third-order valence-corrected chi connectivity index (χ3v) is 4.62. The third kappa shape index (κ3) is 4.24. The van der Waals surface area contributed by atoms with Gasteiger partial charge in [-0.25, -0.2) is 9.37 Å². The van der Waals surface area contributed by atoms with Crippen molar-refractivity contribution in [3.8, 4) is 10.6 Å². The summed E-state index contributed by atoms with van der Waals surface area (Å²) in [4.78, 5) is 20.4. The summed E-state index contributed by atoms with van der Waals surface area (Å²) in [5.74, 6) is -0.856. The quantitative estimate of drug-likeness (QED) is 0.589. The first-order chi connectivity index (χ1) is 11.6. The average Bonchev–Trinajstić information content (AvgIpc) is 3.03. The zero-order valence-corrected chi connectivity index (χ0v) is 14.8. The lowest BCUT2D eigenvalue weighted by atomic mass is 10.2. The Balaban J connectivity index is 1.58. The van der Waals surface area contributed by atoms with Gasteiger partial charge in [0.05, 0.1) is 12.1 Å². The van der Waals surface area contributed by atoms with Gasteiger partial charge in [0.2, 0.25) is 0 Å². The van der Waals surface area contributed by atoms with E-state index in [0.29, 0.717) is 15.7 Å². The van der Waals surface area contributed by atoms with Gasteiger partial charge >= 0.3 is 5.97 Å². The Hall–Kier alpha value is -2.12. The number of carbonyl (C=O) groups excluding carboxylic acids is 1.